The van der Waals surface area contributed by atoms with Crippen LogP contribution in [0.4, 0.5) is 9.52 Å². The first-order chi connectivity index (χ1) is 14.3. The molecule has 1 aliphatic rings. The van der Waals surface area contributed by atoms with Gasteiger partial charge in [-0.05, 0) is 55.8 Å². The maximum Gasteiger partial charge on any atom is 0.301 e. The number of ketones is 1. The molecule has 0 unspecified atom stereocenters. The molecule has 1 atom stereocenters. The molecule has 0 spiro atoms. The molecule has 0 saturated carbocycles. The number of carbonyl (C=O) groups excluding carboxylic acids is 2. The van der Waals surface area contributed by atoms with Crippen molar-refractivity contribution in [1.82, 2.24) is 4.98 Å². The van der Waals surface area contributed by atoms with Gasteiger partial charge in [0.05, 0.1) is 17.3 Å². The summed E-state index contributed by atoms with van der Waals surface area (Å²) in [6.45, 7) is 3.72. The second kappa shape index (κ2) is 7.77. The normalized spacial score (nSPS) is 18.3. The lowest BCUT2D eigenvalue weighted by Gasteiger charge is -2.23. The van der Waals surface area contributed by atoms with Gasteiger partial charge < -0.3 is 5.11 Å². The van der Waals surface area contributed by atoms with E-state index in [1.54, 1.807) is 24.3 Å². The summed E-state index contributed by atoms with van der Waals surface area (Å²) >= 11 is 4.69. The minimum absolute atomic E-state index is 0.0561. The van der Waals surface area contributed by atoms with Crippen molar-refractivity contribution < 1.29 is 19.1 Å². The zero-order valence-corrected chi connectivity index (χ0v) is 18.4. The molecule has 0 bridgehead atoms. The average Bonchev–Trinajstić information content (AvgIpc) is 3.18. The van der Waals surface area contributed by atoms with Gasteiger partial charge in [-0.25, -0.2) is 9.37 Å². The number of amides is 1. The Hall–Kier alpha value is -2.84. The molecule has 30 heavy (non-hydrogen) atoms. The number of halogens is 2. The molecule has 4 rings (SSSR count). The summed E-state index contributed by atoms with van der Waals surface area (Å²) in [4.78, 5) is 32.7. The lowest BCUT2D eigenvalue weighted by molar-refractivity contribution is -0.132. The highest BCUT2D eigenvalue weighted by Gasteiger charge is 2.48. The number of Topliss-reactive ketones (excluding diaryl/α,β-unsaturated/α-hetero) is 1. The number of thiazole rings is 1. The summed E-state index contributed by atoms with van der Waals surface area (Å²) < 4.78 is 14.2. The van der Waals surface area contributed by atoms with Crippen molar-refractivity contribution in [2.24, 2.45) is 0 Å². The van der Waals surface area contributed by atoms with Crippen LogP contribution in [-0.2, 0) is 9.59 Å². The van der Waals surface area contributed by atoms with Crippen LogP contribution in [0.25, 0.3) is 5.76 Å². The Morgan fingerprint density at radius 2 is 1.73 bits per heavy atom. The van der Waals surface area contributed by atoms with Crippen LogP contribution in [0.2, 0.25) is 0 Å². The molecule has 1 saturated heterocycles. The molecule has 0 aliphatic carbocycles. The molecule has 3 aromatic rings. The number of hydrogen-bond donors (Lipinski definition) is 1. The summed E-state index contributed by atoms with van der Waals surface area (Å²) in [6.07, 6.45) is 0. The Morgan fingerprint density at radius 1 is 1.10 bits per heavy atom. The van der Waals surface area contributed by atoms with Gasteiger partial charge in [-0.3, -0.25) is 14.5 Å². The first kappa shape index (κ1) is 20.4. The number of carbonyl (C=O) groups is 2. The first-order valence-electron chi connectivity index (χ1n) is 9.04. The van der Waals surface area contributed by atoms with Crippen molar-refractivity contribution in [3.05, 3.63) is 86.1 Å². The summed E-state index contributed by atoms with van der Waals surface area (Å²) in [5.41, 5.74) is 1.61. The third-order valence-corrected chi connectivity index (χ3v) is 6.57. The predicted octanol–water partition coefficient (Wildman–Crippen LogP) is 5.29. The van der Waals surface area contributed by atoms with Crippen molar-refractivity contribution in [2.45, 2.75) is 19.9 Å². The van der Waals surface area contributed by atoms with Gasteiger partial charge in [0, 0.05) is 14.9 Å². The van der Waals surface area contributed by atoms with E-state index in [4.69, 9.17) is 0 Å². The second-order valence-corrected chi connectivity index (χ2v) is 8.96. The number of aromatic nitrogens is 1. The summed E-state index contributed by atoms with van der Waals surface area (Å²) in [7, 11) is 0. The molecule has 1 N–H and O–H groups in total. The number of aliphatic hydroxyl groups excluding tert-OH is 1. The largest absolute Gasteiger partial charge is 0.507 e. The molecule has 1 aliphatic heterocycles. The van der Waals surface area contributed by atoms with Gasteiger partial charge in [0.15, 0.2) is 5.13 Å². The van der Waals surface area contributed by atoms with Gasteiger partial charge in [-0.2, -0.15) is 0 Å². The highest BCUT2D eigenvalue weighted by molar-refractivity contribution is 9.10. The maximum atomic E-state index is 13.3. The Labute approximate surface area is 184 Å². The van der Waals surface area contributed by atoms with Gasteiger partial charge >= 0.3 is 5.91 Å². The van der Waals surface area contributed by atoms with Crippen LogP contribution in [0, 0.1) is 19.7 Å². The molecule has 2 aromatic carbocycles. The molecular weight excluding hydrogens is 471 g/mol. The number of benzene rings is 2. The fourth-order valence-electron chi connectivity index (χ4n) is 3.31. The predicted molar refractivity (Wildman–Crippen MR) is 117 cm³/mol. The Balaban J connectivity index is 1.94. The van der Waals surface area contributed by atoms with E-state index in [1.807, 2.05) is 13.8 Å². The second-order valence-electron chi connectivity index (χ2n) is 6.87. The highest BCUT2D eigenvalue weighted by Crippen LogP contribution is 2.43. The highest BCUT2D eigenvalue weighted by atomic mass is 79.9. The molecule has 0 radical (unpaired) electrons. The van der Waals surface area contributed by atoms with Gasteiger partial charge in [0.2, 0.25) is 0 Å². The monoisotopic (exact) mass is 486 g/mol. The Bertz CT molecular complexity index is 1170. The van der Waals surface area contributed by atoms with E-state index in [2.05, 4.69) is 20.9 Å². The molecule has 152 valence electrons. The molecule has 1 aromatic heterocycles. The van der Waals surface area contributed by atoms with Gasteiger partial charge in [0.25, 0.3) is 5.78 Å². The van der Waals surface area contributed by atoms with Crippen LogP contribution < -0.4 is 4.90 Å². The topological polar surface area (TPSA) is 70.5 Å². The first-order valence-corrected chi connectivity index (χ1v) is 10.7. The van der Waals surface area contributed by atoms with E-state index < -0.39 is 23.5 Å². The molecule has 1 fully saturated rings. The van der Waals surface area contributed by atoms with Crippen molar-refractivity contribution in [1.29, 1.82) is 0 Å². The molecule has 1 amide bonds. The molecule has 5 nitrogen and oxygen atoms in total. The van der Waals surface area contributed by atoms with E-state index >= 15 is 0 Å². The number of aryl methyl sites for hydroxylation is 2. The smallest absolute Gasteiger partial charge is 0.301 e. The number of rotatable bonds is 3. The van der Waals surface area contributed by atoms with Crippen molar-refractivity contribution >= 4 is 49.8 Å². The van der Waals surface area contributed by atoms with E-state index in [0.29, 0.717) is 10.7 Å². The third-order valence-electron chi connectivity index (χ3n) is 4.97. The molecular formula is C22H16BrFN2O3S. The fourth-order valence-corrected chi connectivity index (χ4v) is 4.51. The minimum atomic E-state index is -0.854. The van der Waals surface area contributed by atoms with E-state index in [1.165, 1.54) is 40.5 Å². The van der Waals surface area contributed by atoms with E-state index in [0.717, 1.165) is 15.0 Å². The fraction of sp³-hybridized carbons (Fsp3) is 0.136. The number of nitrogens with zero attached hydrogens (tertiary/aromatic N) is 2. The van der Waals surface area contributed by atoms with Crippen LogP contribution in [0.15, 0.2) is 58.6 Å². The summed E-state index contributed by atoms with van der Waals surface area (Å²) in [5, 5.41) is 11.3. The standard InChI is InChI=1S/C22H16BrFN2O3S/c1-11-12(2)30-22(25-11)26-18(13-3-7-15(23)8-4-13)17(20(28)21(26)29)19(27)14-5-9-16(24)10-6-14/h3-10,18,27H,1-2H3/t18-/m0/s1. The van der Waals surface area contributed by atoms with Gasteiger partial charge in [-0.15, -0.1) is 11.3 Å². The quantitative estimate of drug-likeness (QED) is 0.310. The van der Waals surface area contributed by atoms with Crippen LogP contribution in [0.3, 0.4) is 0 Å². The van der Waals surface area contributed by atoms with Crippen molar-refractivity contribution in [3.8, 4) is 0 Å². The van der Waals surface area contributed by atoms with Crippen LogP contribution in [0.1, 0.15) is 27.7 Å². The average molecular weight is 487 g/mol. The summed E-state index contributed by atoms with van der Waals surface area (Å²) in [5.74, 6) is -2.39. The minimum Gasteiger partial charge on any atom is -0.507 e. The number of hydrogen-bond acceptors (Lipinski definition) is 5. The SMILES string of the molecule is Cc1nc(N2C(=O)C(=O)C(=C(O)c3ccc(F)cc3)[C@@H]2c2ccc(Br)cc2)sc1C. The molecule has 8 heteroatoms. The number of anilines is 1. The third kappa shape index (κ3) is 3.46. The summed E-state index contributed by atoms with van der Waals surface area (Å²) in [6, 6.07) is 11.4. The maximum absolute atomic E-state index is 13.3. The molecule has 2 heterocycles. The van der Waals surface area contributed by atoms with E-state index in [-0.39, 0.29) is 16.9 Å². The number of aliphatic hydroxyl groups is 1. The van der Waals surface area contributed by atoms with Crippen LogP contribution in [0.5, 0.6) is 0 Å². The Morgan fingerprint density at radius 3 is 2.30 bits per heavy atom. The lowest BCUT2D eigenvalue weighted by Crippen LogP contribution is -2.29. The van der Waals surface area contributed by atoms with Crippen LogP contribution in [-0.4, -0.2) is 21.8 Å². The van der Waals surface area contributed by atoms with E-state index in [9.17, 15) is 19.1 Å². The van der Waals surface area contributed by atoms with Crippen molar-refractivity contribution in [2.75, 3.05) is 4.90 Å². The Kier molecular flexibility index (Phi) is 5.29. The van der Waals surface area contributed by atoms with Gasteiger partial charge in [-0.1, -0.05) is 28.1 Å². The van der Waals surface area contributed by atoms with Crippen LogP contribution >= 0.6 is 27.3 Å². The lowest BCUT2D eigenvalue weighted by atomic mass is 9.95. The zero-order chi connectivity index (χ0) is 21.6. The van der Waals surface area contributed by atoms with Gasteiger partial charge in [0.1, 0.15) is 11.6 Å². The zero-order valence-electron chi connectivity index (χ0n) is 16.0. The van der Waals surface area contributed by atoms with Crippen molar-refractivity contribution in [3.63, 3.8) is 0 Å².